The number of carbonyl (C=O) groups excluding carboxylic acids is 2. The van der Waals surface area contributed by atoms with Crippen LogP contribution < -0.4 is 0 Å². The number of carbonyl (C=O) groups is 2. The summed E-state index contributed by atoms with van der Waals surface area (Å²) in [5, 5.41) is 47.8. The fourth-order valence-corrected chi connectivity index (χ4v) is 8.87. The summed E-state index contributed by atoms with van der Waals surface area (Å²) < 4.78 is 12.0. The molecule has 0 aromatic rings. The summed E-state index contributed by atoms with van der Waals surface area (Å²) >= 11 is 0. The van der Waals surface area contributed by atoms with Crippen LogP contribution >= 0.6 is 0 Å². The monoisotopic (exact) mass is 604 g/mol. The van der Waals surface area contributed by atoms with Crippen LogP contribution in [0.4, 0.5) is 0 Å². The summed E-state index contributed by atoms with van der Waals surface area (Å²) in [5.74, 6) is -2.13. The minimum atomic E-state index is -2.17. The molecular formula is C35H56O8. The predicted molar refractivity (Wildman–Crippen MR) is 164 cm³/mol. The molecule has 1 spiro atoms. The van der Waals surface area contributed by atoms with Crippen molar-refractivity contribution in [2.45, 2.75) is 143 Å². The minimum Gasteiger partial charge on any atom is -0.461 e. The molecule has 2 saturated carbocycles. The molecule has 4 aliphatic rings. The van der Waals surface area contributed by atoms with Gasteiger partial charge in [-0.2, -0.15) is 0 Å². The van der Waals surface area contributed by atoms with E-state index in [0.29, 0.717) is 18.4 Å². The molecular weight excluding hydrogens is 548 g/mol. The first kappa shape index (κ1) is 34.1. The lowest BCUT2D eigenvalue weighted by Crippen LogP contribution is -2.66. The van der Waals surface area contributed by atoms with Gasteiger partial charge in [0.1, 0.15) is 30.0 Å². The maximum absolute atomic E-state index is 13.3. The molecule has 0 aliphatic heterocycles. The standard InChI is InChI=1S/C35H56O8/c1-9-10-11-12-13-14-15-16-25(36)43-34-19-22(3)33-18-21(2)27(37)35(33,41)28(38)23(20-42-30(40)31(4,5)6)17-24(29(33)39)26(34)32(34,7)8/h17-18,22,24,26-29,37-39,41H,9-16,19-20H2,1-8H3/t22-,24+,26-,27+,28-,29?,33+,34+,35-/m1/s1. The third-order valence-corrected chi connectivity index (χ3v) is 11.4. The average molecular weight is 605 g/mol. The molecule has 0 aromatic carbocycles. The van der Waals surface area contributed by atoms with Gasteiger partial charge in [-0.05, 0) is 57.6 Å². The van der Waals surface area contributed by atoms with E-state index < -0.39 is 63.6 Å². The number of rotatable bonds is 11. The highest BCUT2D eigenvalue weighted by Gasteiger charge is 2.83. The summed E-state index contributed by atoms with van der Waals surface area (Å²) in [5.41, 5.74) is -5.06. The topological polar surface area (TPSA) is 134 Å². The zero-order valence-corrected chi connectivity index (χ0v) is 27.6. The van der Waals surface area contributed by atoms with Gasteiger partial charge in [0.15, 0.2) is 0 Å². The van der Waals surface area contributed by atoms with Crippen molar-refractivity contribution < 1.29 is 39.5 Å². The number of fused-ring (bicyclic) bond motifs is 3. The van der Waals surface area contributed by atoms with Crippen LogP contribution in [0.1, 0.15) is 113 Å². The number of hydrogen-bond acceptors (Lipinski definition) is 8. The zero-order chi connectivity index (χ0) is 32.2. The molecule has 4 aliphatic carbocycles. The zero-order valence-electron chi connectivity index (χ0n) is 27.6. The molecule has 244 valence electrons. The Morgan fingerprint density at radius 1 is 1.00 bits per heavy atom. The van der Waals surface area contributed by atoms with Gasteiger partial charge in [-0.25, -0.2) is 0 Å². The lowest BCUT2D eigenvalue weighted by atomic mass is 9.58. The second-order valence-electron chi connectivity index (χ2n) is 15.6. The van der Waals surface area contributed by atoms with E-state index in [1.807, 2.05) is 20.8 Å². The molecule has 9 atom stereocenters. The normalized spacial score (nSPS) is 39.4. The van der Waals surface area contributed by atoms with Gasteiger partial charge in [-0.1, -0.05) is 78.4 Å². The van der Waals surface area contributed by atoms with Crippen LogP contribution in [0.5, 0.6) is 0 Å². The first-order valence-corrected chi connectivity index (χ1v) is 16.5. The van der Waals surface area contributed by atoms with Gasteiger partial charge in [0.25, 0.3) is 0 Å². The first-order valence-electron chi connectivity index (χ1n) is 16.5. The Kier molecular flexibility index (Phi) is 9.44. The van der Waals surface area contributed by atoms with Gasteiger partial charge < -0.3 is 29.9 Å². The molecule has 0 saturated heterocycles. The Balaban J connectivity index is 1.67. The van der Waals surface area contributed by atoms with Gasteiger partial charge in [0.2, 0.25) is 0 Å². The lowest BCUT2D eigenvalue weighted by Gasteiger charge is -2.51. The van der Waals surface area contributed by atoms with Crippen molar-refractivity contribution in [3.05, 3.63) is 23.3 Å². The van der Waals surface area contributed by atoms with Gasteiger partial charge >= 0.3 is 11.9 Å². The molecule has 4 rings (SSSR count). The number of aliphatic hydroxyl groups is 4. The van der Waals surface area contributed by atoms with Crippen LogP contribution in [0.2, 0.25) is 0 Å². The van der Waals surface area contributed by atoms with Crippen LogP contribution in [-0.2, 0) is 19.1 Å². The van der Waals surface area contributed by atoms with Crippen molar-refractivity contribution in [3.63, 3.8) is 0 Å². The highest BCUT2D eigenvalue weighted by atomic mass is 16.6. The second kappa shape index (κ2) is 11.9. The van der Waals surface area contributed by atoms with E-state index in [1.54, 1.807) is 39.8 Å². The maximum Gasteiger partial charge on any atom is 0.311 e. The maximum atomic E-state index is 13.3. The average Bonchev–Trinajstić information content (AvgIpc) is 3.33. The molecule has 0 amide bonds. The predicted octanol–water partition coefficient (Wildman–Crippen LogP) is 5.01. The van der Waals surface area contributed by atoms with E-state index in [2.05, 4.69) is 6.92 Å². The summed E-state index contributed by atoms with van der Waals surface area (Å²) in [6.07, 6.45) is 7.58. The van der Waals surface area contributed by atoms with E-state index in [4.69, 9.17) is 9.47 Å². The van der Waals surface area contributed by atoms with E-state index in [1.165, 1.54) is 25.7 Å². The third-order valence-electron chi connectivity index (χ3n) is 11.4. The molecule has 0 heterocycles. The van der Waals surface area contributed by atoms with Crippen LogP contribution in [-0.4, -0.2) is 68.5 Å². The Morgan fingerprint density at radius 3 is 2.21 bits per heavy atom. The molecule has 4 N–H and O–H groups in total. The summed E-state index contributed by atoms with van der Waals surface area (Å²) in [6.45, 7) is 14.8. The van der Waals surface area contributed by atoms with Crippen LogP contribution in [0, 0.1) is 34.0 Å². The summed E-state index contributed by atoms with van der Waals surface area (Å²) in [6, 6.07) is 0. The van der Waals surface area contributed by atoms with Crippen LogP contribution in [0.3, 0.4) is 0 Å². The first-order chi connectivity index (χ1) is 19.9. The summed E-state index contributed by atoms with van der Waals surface area (Å²) in [7, 11) is 0. The molecule has 2 bridgehead atoms. The molecule has 2 fully saturated rings. The van der Waals surface area contributed by atoms with Crippen molar-refractivity contribution in [2.24, 2.45) is 34.0 Å². The van der Waals surface area contributed by atoms with Gasteiger partial charge in [0, 0.05) is 23.7 Å². The fraction of sp³-hybridized carbons (Fsp3) is 0.829. The number of ether oxygens (including phenoxy) is 2. The number of aliphatic hydroxyl groups excluding tert-OH is 3. The lowest BCUT2D eigenvalue weighted by molar-refractivity contribution is -0.217. The molecule has 0 aromatic heterocycles. The van der Waals surface area contributed by atoms with Crippen molar-refractivity contribution in [3.8, 4) is 0 Å². The largest absolute Gasteiger partial charge is 0.461 e. The Hall–Kier alpha value is -1.74. The third kappa shape index (κ3) is 5.32. The molecule has 8 nitrogen and oxygen atoms in total. The number of esters is 2. The highest BCUT2D eigenvalue weighted by molar-refractivity contribution is 5.75. The quantitative estimate of drug-likeness (QED) is 0.147. The van der Waals surface area contributed by atoms with Gasteiger partial charge in [0.05, 0.1) is 16.9 Å². The Labute approximate surface area is 257 Å². The number of unbranched alkanes of at least 4 members (excludes halogenated alkanes) is 6. The smallest absolute Gasteiger partial charge is 0.311 e. The second-order valence-corrected chi connectivity index (χ2v) is 15.6. The Bertz CT molecular complexity index is 1130. The van der Waals surface area contributed by atoms with Crippen molar-refractivity contribution >= 4 is 11.9 Å². The Morgan fingerprint density at radius 2 is 1.60 bits per heavy atom. The molecule has 1 unspecified atom stereocenters. The molecule has 0 radical (unpaired) electrons. The number of hydrogen-bond donors (Lipinski definition) is 4. The van der Waals surface area contributed by atoms with Crippen LogP contribution in [0.15, 0.2) is 23.3 Å². The van der Waals surface area contributed by atoms with Crippen molar-refractivity contribution in [1.82, 2.24) is 0 Å². The van der Waals surface area contributed by atoms with Gasteiger partial charge in [-0.3, -0.25) is 9.59 Å². The SMILES string of the molecule is CCCCCCCCCC(=O)O[C@@]12C[C@@H](C)[C@]34C=C(C)[C@H](O)[C@@]3(O)[C@H](O)C(COC(=O)C(C)(C)C)=C[C@H](C4O)[C@@H]1C2(C)C. The molecule has 43 heavy (non-hydrogen) atoms. The fourth-order valence-electron chi connectivity index (χ4n) is 8.87. The molecule has 8 heteroatoms. The minimum absolute atomic E-state index is 0.230. The van der Waals surface area contributed by atoms with E-state index >= 15 is 0 Å². The van der Waals surface area contributed by atoms with E-state index in [9.17, 15) is 30.0 Å². The van der Waals surface area contributed by atoms with Crippen molar-refractivity contribution in [1.29, 1.82) is 0 Å². The van der Waals surface area contributed by atoms with Crippen LogP contribution in [0.25, 0.3) is 0 Å². The van der Waals surface area contributed by atoms with E-state index in [0.717, 1.165) is 19.3 Å². The van der Waals surface area contributed by atoms with Gasteiger partial charge in [-0.15, -0.1) is 0 Å². The highest BCUT2D eigenvalue weighted by Crippen LogP contribution is 2.76. The van der Waals surface area contributed by atoms with Crippen molar-refractivity contribution in [2.75, 3.05) is 6.61 Å². The van der Waals surface area contributed by atoms with E-state index in [-0.39, 0.29) is 24.1 Å². The summed E-state index contributed by atoms with van der Waals surface area (Å²) in [4.78, 5) is 26.0.